The second-order valence-corrected chi connectivity index (χ2v) is 2.46. The van der Waals surface area contributed by atoms with Gasteiger partial charge in [-0.05, 0) is 6.92 Å². The van der Waals surface area contributed by atoms with Crippen LogP contribution in [0.2, 0.25) is 0 Å². The molecule has 0 saturated heterocycles. The first-order valence-electron chi connectivity index (χ1n) is 3.96. The Kier molecular flexibility index (Phi) is 3.09. The number of halogens is 3. The van der Waals surface area contributed by atoms with Gasteiger partial charge in [0, 0.05) is 6.07 Å². The predicted octanol–water partition coefficient (Wildman–Crippen LogP) is 1.77. The van der Waals surface area contributed by atoms with E-state index in [-0.39, 0.29) is 12.5 Å². The topological polar surface area (TPSA) is 58.8 Å². The third-order valence-corrected chi connectivity index (χ3v) is 1.39. The number of nitriles is 1. The van der Waals surface area contributed by atoms with Crippen molar-refractivity contribution in [1.82, 2.24) is 9.97 Å². The first-order chi connectivity index (χ1) is 6.97. The molecule has 80 valence electrons. The number of rotatable bonds is 2. The lowest BCUT2D eigenvalue weighted by Crippen LogP contribution is -2.11. The van der Waals surface area contributed by atoms with Gasteiger partial charge in [-0.15, -0.1) is 0 Å². The summed E-state index contributed by atoms with van der Waals surface area (Å²) in [6.07, 6.45) is -4.61. The van der Waals surface area contributed by atoms with Crippen LogP contribution >= 0.6 is 0 Å². The van der Waals surface area contributed by atoms with E-state index in [2.05, 4.69) is 9.97 Å². The van der Waals surface area contributed by atoms with Gasteiger partial charge in [0.1, 0.15) is 6.07 Å². The van der Waals surface area contributed by atoms with Crippen molar-refractivity contribution < 1.29 is 17.9 Å². The van der Waals surface area contributed by atoms with Gasteiger partial charge < -0.3 is 4.74 Å². The van der Waals surface area contributed by atoms with Gasteiger partial charge in [0.25, 0.3) is 0 Å². The van der Waals surface area contributed by atoms with Gasteiger partial charge >= 0.3 is 6.18 Å². The fourth-order valence-corrected chi connectivity index (χ4v) is 0.842. The number of hydrogen-bond acceptors (Lipinski definition) is 4. The number of ether oxygens (including phenoxy) is 1. The lowest BCUT2D eigenvalue weighted by atomic mass is 10.4. The van der Waals surface area contributed by atoms with Gasteiger partial charge in [-0.3, -0.25) is 0 Å². The summed E-state index contributed by atoms with van der Waals surface area (Å²) in [5.41, 5.74) is -1.18. The van der Waals surface area contributed by atoms with Crippen LogP contribution in [0.25, 0.3) is 0 Å². The Morgan fingerprint density at radius 2 is 2.13 bits per heavy atom. The van der Waals surface area contributed by atoms with E-state index in [1.807, 2.05) is 0 Å². The van der Waals surface area contributed by atoms with Crippen LogP contribution in [0.4, 0.5) is 13.2 Å². The second-order valence-electron chi connectivity index (χ2n) is 2.46. The van der Waals surface area contributed by atoms with Crippen LogP contribution in [-0.4, -0.2) is 16.6 Å². The van der Waals surface area contributed by atoms with Crippen molar-refractivity contribution in [3.8, 4) is 11.9 Å². The van der Waals surface area contributed by atoms with Gasteiger partial charge in [-0.2, -0.15) is 23.4 Å². The van der Waals surface area contributed by atoms with Crippen molar-refractivity contribution in [3.63, 3.8) is 0 Å². The highest BCUT2D eigenvalue weighted by atomic mass is 19.4. The Balaban J connectivity index is 3.19. The van der Waals surface area contributed by atoms with Crippen LogP contribution in [0.15, 0.2) is 6.07 Å². The van der Waals surface area contributed by atoms with Gasteiger partial charge in [-0.1, -0.05) is 0 Å². The highest BCUT2D eigenvalue weighted by Crippen LogP contribution is 2.29. The first-order valence-corrected chi connectivity index (χ1v) is 3.96. The van der Waals surface area contributed by atoms with E-state index in [4.69, 9.17) is 10.00 Å². The van der Waals surface area contributed by atoms with Crippen LogP contribution < -0.4 is 4.74 Å². The number of alkyl halides is 3. The van der Waals surface area contributed by atoms with Crippen molar-refractivity contribution in [2.45, 2.75) is 13.1 Å². The summed E-state index contributed by atoms with van der Waals surface area (Å²) < 4.78 is 41.6. The minimum Gasteiger partial charge on any atom is -0.478 e. The van der Waals surface area contributed by atoms with E-state index in [0.29, 0.717) is 6.07 Å². The Morgan fingerprint density at radius 3 is 2.60 bits per heavy atom. The van der Waals surface area contributed by atoms with Crippen molar-refractivity contribution in [3.05, 3.63) is 17.6 Å². The molecule has 0 aliphatic rings. The van der Waals surface area contributed by atoms with Gasteiger partial charge in [0.15, 0.2) is 5.69 Å². The predicted molar refractivity (Wildman–Crippen MR) is 42.9 cm³/mol. The Hall–Kier alpha value is -1.84. The van der Waals surface area contributed by atoms with Gasteiger partial charge in [0.05, 0.1) is 6.61 Å². The van der Waals surface area contributed by atoms with Gasteiger partial charge in [-0.25, -0.2) is 4.98 Å². The largest absolute Gasteiger partial charge is 0.478 e. The van der Waals surface area contributed by atoms with E-state index in [0.717, 1.165) is 0 Å². The first kappa shape index (κ1) is 11.2. The van der Waals surface area contributed by atoms with E-state index < -0.39 is 17.7 Å². The molecule has 0 spiro atoms. The maximum atomic E-state index is 12.3. The van der Waals surface area contributed by atoms with Gasteiger partial charge in [0.2, 0.25) is 11.7 Å². The molecule has 15 heavy (non-hydrogen) atoms. The Labute approximate surface area is 83.3 Å². The van der Waals surface area contributed by atoms with Crippen LogP contribution in [0.5, 0.6) is 5.88 Å². The molecule has 7 heteroatoms. The molecule has 1 heterocycles. The van der Waals surface area contributed by atoms with E-state index in [1.54, 1.807) is 6.92 Å². The summed E-state index contributed by atoms with van der Waals surface area (Å²) in [4.78, 5) is 6.49. The second kappa shape index (κ2) is 4.13. The molecule has 1 aromatic heterocycles. The summed E-state index contributed by atoms with van der Waals surface area (Å²) >= 11 is 0. The number of nitrogens with zero attached hydrogens (tertiary/aromatic N) is 3. The summed E-state index contributed by atoms with van der Waals surface area (Å²) in [6.45, 7) is 1.76. The van der Waals surface area contributed by atoms with Crippen molar-refractivity contribution in [2.24, 2.45) is 0 Å². The molecule has 1 aromatic rings. The highest BCUT2D eigenvalue weighted by molar-refractivity contribution is 5.23. The molecule has 0 fully saturated rings. The molecule has 0 N–H and O–H groups in total. The summed E-state index contributed by atoms with van der Waals surface area (Å²) in [5.74, 6) is -0.815. The summed E-state index contributed by atoms with van der Waals surface area (Å²) in [5, 5.41) is 8.42. The average Bonchev–Trinajstić information content (AvgIpc) is 2.16. The molecule has 0 aliphatic carbocycles. The standard InChI is InChI=1S/C8H6F3N3O/c1-2-15-7-3-5(8(9,10)11)13-6(4-12)14-7/h3H,2H2,1H3. The number of aromatic nitrogens is 2. The number of hydrogen-bond donors (Lipinski definition) is 0. The fraction of sp³-hybridized carbons (Fsp3) is 0.375. The smallest absolute Gasteiger partial charge is 0.433 e. The Bertz CT molecular complexity index is 397. The lowest BCUT2D eigenvalue weighted by molar-refractivity contribution is -0.141. The third kappa shape index (κ3) is 2.80. The van der Waals surface area contributed by atoms with Crippen LogP contribution in [0.1, 0.15) is 18.4 Å². The fourth-order valence-electron chi connectivity index (χ4n) is 0.842. The third-order valence-electron chi connectivity index (χ3n) is 1.39. The minimum absolute atomic E-state index is 0.166. The van der Waals surface area contributed by atoms with Crippen molar-refractivity contribution >= 4 is 0 Å². The molecule has 0 aromatic carbocycles. The quantitative estimate of drug-likeness (QED) is 0.757. The summed E-state index contributed by atoms with van der Waals surface area (Å²) in [6, 6.07) is 2.09. The molecular weight excluding hydrogens is 211 g/mol. The van der Waals surface area contributed by atoms with E-state index >= 15 is 0 Å². The SMILES string of the molecule is CCOc1cc(C(F)(F)F)nc(C#N)n1. The molecule has 4 nitrogen and oxygen atoms in total. The Morgan fingerprint density at radius 1 is 1.47 bits per heavy atom. The minimum atomic E-state index is -4.61. The molecule has 0 unspecified atom stereocenters. The zero-order valence-electron chi connectivity index (χ0n) is 7.67. The normalized spacial score (nSPS) is 10.9. The highest BCUT2D eigenvalue weighted by Gasteiger charge is 2.34. The lowest BCUT2D eigenvalue weighted by Gasteiger charge is -2.07. The zero-order valence-corrected chi connectivity index (χ0v) is 7.67. The van der Waals surface area contributed by atoms with E-state index in [1.165, 1.54) is 6.07 Å². The molecule has 0 atom stereocenters. The zero-order chi connectivity index (χ0) is 11.5. The molecule has 1 rings (SSSR count). The van der Waals surface area contributed by atoms with E-state index in [9.17, 15) is 13.2 Å². The average molecular weight is 217 g/mol. The monoisotopic (exact) mass is 217 g/mol. The maximum Gasteiger partial charge on any atom is 0.433 e. The van der Waals surface area contributed by atoms with Crippen LogP contribution in [-0.2, 0) is 6.18 Å². The molecular formula is C8H6F3N3O. The molecule has 0 bridgehead atoms. The van der Waals surface area contributed by atoms with Crippen molar-refractivity contribution in [1.29, 1.82) is 5.26 Å². The van der Waals surface area contributed by atoms with Crippen LogP contribution in [0, 0.1) is 11.3 Å². The molecule has 0 amide bonds. The molecule has 0 aliphatic heterocycles. The van der Waals surface area contributed by atoms with Crippen molar-refractivity contribution in [2.75, 3.05) is 6.61 Å². The molecule has 0 saturated carbocycles. The summed E-state index contributed by atoms with van der Waals surface area (Å²) in [7, 11) is 0. The maximum absolute atomic E-state index is 12.3. The molecule has 0 radical (unpaired) electrons. The van der Waals surface area contributed by atoms with Crippen LogP contribution in [0.3, 0.4) is 0 Å².